The minimum Gasteiger partial charge on any atom is -0.458 e. The first-order valence-corrected chi connectivity index (χ1v) is 13.4. The van der Waals surface area contributed by atoms with Gasteiger partial charge in [0, 0.05) is 25.3 Å². The summed E-state index contributed by atoms with van der Waals surface area (Å²) in [5.41, 5.74) is 0.0722. The molecule has 1 aromatic carbocycles. The van der Waals surface area contributed by atoms with Crippen LogP contribution in [-0.4, -0.2) is 63.6 Å². The highest BCUT2D eigenvalue weighted by Crippen LogP contribution is 2.52. The van der Waals surface area contributed by atoms with Crippen molar-refractivity contribution >= 4 is 23.8 Å². The molecule has 1 aromatic rings. The maximum atomic E-state index is 13.9. The molecule has 8 nitrogen and oxygen atoms in total. The normalized spacial score (nSPS) is 34.4. The lowest BCUT2D eigenvalue weighted by Crippen LogP contribution is -2.55. The summed E-state index contributed by atoms with van der Waals surface area (Å²) in [6.07, 6.45) is -0.648. The summed E-state index contributed by atoms with van der Waals surface area (Å²) in [6.45, 7) is 8.30. The second-order valence-electron chi connectivity index (χ2n) is 11.8. The molecule has 3 aliphatic carbocycles. The van der Waals surface area contributed by atoms with Gasteiger partial charge in [0.1, 0.15) is 18.3 Å². The molecule has 0 aliphatic heterocycles. The molecule has 0 amide bonds. The number of Topliss-reactive ketones (excluding diaryl/α,β-unsaturated/α-hetero) is 1. The molecule has 0 aromatic heterocycles. The van der Waals surface area contributed by atoms with Crippen molar-refractivity contribution in [3.05, 3.63) is 64.8 Å². The molecule has 0 radical (unpaired) electrons. The fraction of sp³-hybridized carbons (Fsp3) is 0.516. The third kappa shape index (κ3) is 5.51. The third-order valence-electron chi connectivity index (χ3n) is 8.81. The molecule has 0 saturated heterocycles. The van der Waals surface area contributed by atoms with Crippen LogP contribution in [0.5, 0.6) is 0 Å². The zero-order chi connectivity index (χ0) is 28.7. The molecule has 210 valence electrons. The lowest BCUT2D eigenvalue weighted by atomic mass is 9.57. The fourth-order valence-corrected chi connectivity index (χ4v) is 6.55. The first kappa shape index (κ1) is 28.9. The van der Waals surface area contributed by atoms with Crippen molar-refractivity contribution in [2.75, 3.05) is 0 Å². The van der Waals surface area contributed by atoms with Crippen LogP contribution in [0.4, 0.5) is 0 Å². The molecule has 7 atom stereocenters. The summed E-state index contributed by atoms with van der Waals surface area (Å²) < 4.78 is 11.3. The maximum Gasteiger partial charge on any atom is 0.331 e. The number of carbonyl (C=O) groups excluding carboxylic acids is 3. The predicted octanol–water partition coefficient (Wildman–Crippen LogP) is 3.30. The van der Waals surface area contributed by atoms with Crippen LogP contribution in [0.15, 0.2) is 59.2 Å². The summed E-state index contributed by atoms with van der Waals surface area (Å²) in [4.78, 5) is 38.4. The minimum absolute atomic E-state index is 0.00825. The van der Waals surface area contributed by atoms with E-state index in [0.717, 1.165) is 5.56 Å². The highest BCUT2D eigenvalue weighted by Gasteiger charge is 2.55. The zero-order valence-corrected chi connectivity index (χ0v) is 23.1. The van der Waals surface area contributed by atoms with Gasteiger partial charge in [-0.2, -0.15) is 0 Å². The van der Waals surface area contributed by atoms with Crippen LogP contribution < -0.4 is 0 Å². The van der Waals surface area contributed by atoms with Gasteiger partial charge in [0.2, 0.25) is 0 Å². The second-order valence-corrected chi connectivity index (χ2v) is 11.8. The number of aliphatic hydroxyl groups is 3. The Hall–Kier alpha value is -3.07. The average molecular weight is 539 g/mol. The van der Waals surface area contributed by atoms with Gasteiger partial charge in [-0.25, -0.2) is 4.79 Å². The van der Waals surface area contributed by atoms with Crippen molar-refractivity contribution in [2.24, 2.45) is 16.7 Å². The van der Waals surface area contributed by atoms with Crippen molar-refractivity contribution in [1.29, 1.82) is 0 Å². The van der Waals surface area contributed by atoms with Gasteiger partial charge in [0.05, 0.1) is 17.6 Å². The Kier molecular flexibility index (Phi) is 8.03. The molecular formula is C31H38O8. The fourth-order valence-electron chi connectivity index (χ4n) is 6.55. The third-order valence-corrected chi connectivity index (χ3v) is 8.81. The first-order chi connectivity index (χ1) is 18.3. The number of rotatable bonds is 4. The number of fused-ring (bicyclic) bond motifs is 4. The van der Waals surface area contributed by atoms with Crippen LogP contribution in [-0.2, 0) is 23.9 Å². The molecule has 3 aliphatic rings. The van der Waals surface area contributed by atoms with E-state index in [1.165, 1.54) is 13.0 Å². The summed E-state index contributed by atoms with van der Waals surface area (Å²) in [5.74, 6) is -2.20. The number of ether oxygens (including phenoxy) is 2. The van der Waals surface area contributed by atoms with Crippen LogP contribution in [0.2, 0.25) is 0 Å². The topological polar surface area (TPSA) is 130 Å². The van der Waals surface area contributed by atoms with Gasteiger partial charge in [0.15, 0.2) is 5.78 Å². The SMILES string of the molecule is CC(=O)OC1CC2C(O)C=C3CC(C)(C(=O)C(O)C(=C1C)C2(C)C)C(O)CC3OC(=O)C=Cc1ccccc1. The van der Waals surface area contributed by atoms with E-state index >= 15 is 0 Å². The highest BCUT2D eigenvalue weighted by molar-refractivity contribution is 5.93. The lowest BCUT2D eigenvalue weighted by molar-refractivity contribution is -0.153. The second kappa shape index (κ2) is 10.8. The Morgan fingerprint density at radius 3 is 2.31 bits per heavy atom. The standard InChI is InChI=1S/C31H38O8/c1-17-23(38-18(2)32)14-21-22(33)13-20-16-31(5,29(37)28(36)27(17)30(21,3)4)25(34)15-24(20)39-26(35)12-11-19-9-7-6-8-10-19/h6-13,21-25,28,33-34,36H,14-16H2,1-5H3. The molecule has 39 heavy (non-hydrogen) atoms. The Balaban J connectivity index is 1.74. The van der Waals surface area contributed by atoms with E-state index in [1.807, 2.05) is 44.2 Å². The Bertz CT molecular complexity index is 1230. The number of ketones is 1. The van der Waals surface area contributed by atoms with E-state index < -0.39 is 65.0 Å². The highest BCUT2D eigenvalue weighted by atomic mass is 16.5. The van der Waals surface area contributed by atoms with Gasteiger partial charge in [-0.15, -0.1) is 0 Å². The molecule has 1 saturated carbocycles. The van der Waals surface area contributed by atoms with Crippen LogP contribution in [0, 0.1) is 16.7 Å². The van der Waals surface area contributed by atoms with E-state index in [-0.39, 0.29) is 19.3 Å². The van der Waals surface area contributed by atoms with Crippen molar-refractivity contribution < 1.29 is 39.2 Å². The molecule has 1 fully saturated rings. The van der Waals surface area contributed by atoms with E-state index in [2.05, 4.69) is 0 Å². The van der Waals surface area contributed by atoms with E-state index in [0.29, 0.717) is 16.7 Å². The van der Waals surface area contributed by atoms with Crippen LogP contribution in [0.1, 0.15) is 59.4 Å². The van der Waals surface area contributed by atoms with Gasteiger partial charge in [-0.05, 0) is 60.5 Å². The molecular weight excluding hydrogens is 500 g/mol. The number of esters is 2. The lowest BCUT2D eigenvalue weighted by Gasteiger charge is -2.50. The van der Waals surface area contributed by atoms with Crippen LogP contribution >= 0.6 is 0 Å². The summed E-state index contributed by atoms with van der Waals surface area (Å²) in [5, 5.41) is 34.2. The predicted molar refractivity (Wildman–Crippen MR) is 144 cm³/mol. The van der Waals surface area contributed by atoms with Crippen molar-refractivity contribution in [3.63, 3.8) is 0 Å². The molecule has 8 heteroatoms. The van der Waals surface area contributed by atoms with Crippen LogP contribution in [0.25, 0.3) is 6.08 Å². The van der Waals surface area contributed by atoms with Gasteiger partial charge in [-0.3, -0.25) is 9.59 Å². The Labute approximate surface area is 229 Å². The summed E-state index contributed by atoms with van der Waals surface area (Å²) in [6, 6.07) is 9.25. The zero-order valence-electron chi connectivity index (χ0n) is 23.1. The van der Waals surface area contributed by atoms with Gasteiger partial charge in [0.25, 0.3) is 0 Å². The first-order valence-electron chi connectivity index (χ1n) is 13.4. The van der Waals surface area contributed by atoms with Crippen LogP contribution in [0.3, 0.4) is 0 Å². The number of benzene rings is 1. The summed E-state index contributed by atoms with van der Waals surface area (Å²) >= 11 is 0. The Morgan fingerprint density at radius 2 is 1.67 bits per heavy atom. The number of carbonyl (C=O) groups is 3. The quantitative estimate of drug-likeness (QED) is 0.303. The van der Waals surface area contributed by atoms with E-state index in [1.54, 1.807) is 26.0 Å². The Morgan fingerprint density at radius 1 is 1.00 bits per heavy atom. The van der Waals surface area contributed by atoms with Gasteiger partial charge >= 0.3 is 11.9 Å². The molecule has 4 rings (SSSR count). The van der Waals surface area contributed by atoms with E-state index in [9.17, 15) is 29.7 Å². The number of hydrogen-bond donors (Lipinski definition) is 3. The van der Waals surface area contributed by atoms with Gasteiger partial charge in [-0.1, -0.05) is 50.3 Å². The molecule has 3 N–H and O–H groups in total. The number of hydrogen-bond acceptors (Lipinski definition) is 8. The van der Waals surface area contributed by atoms with E-state index in [4.69, 9.17) is 9.47 Å². The largest absolute Gasteiger partial charge is 0.458 e. The number of aliphatic hydroxyl groups excluding tert-OH is 3. The molecule has 0 spiro atoms. The monoisotopic (exact) mass is 538 g/mol. The van der Waals surface area contributed by atoms with Crippen molar-refractivity contribution in [2.45, 2.75) is 84.4 Å². The molecule has 0 heterocycles. The maximum absolute atomic E-state index is 13.9. The smallest absolute Gasteiger partial charge is 0.331 e. The molecule has 4 bridgehead atoms. The minimum atomic E-state index is -1.57. The van der Waals surface area contributed by atoms with Crippen molar-refractivity contribution in [3.8, 4) is 0 Å². The van der Waals surface area contributed by atoms with Gasteiger partial charge < -0.3 is 24.8 Å². The average Bonchev–Trinajstić information content (AvgIpc) is 2.86. The summed E-state index contributed by atoms with van der Waals surface area (Å²) in [7, 11) is 0. The van der Waals surface area contributed by atoms with Crippen molar-refractivity contribution in [1.82, 2.24) is 0 Å². The molecule has 7 unspecified atom stereocenters.